The van der Waals surface area contributed by atoms with Crippen LogP contribution >= 0.6 is 11.6 Å². The molecule has 0 aliphatic rings. The van der Waals surface area contributed by atoms with E-state index in [1.807, 2.05) is 6.07 Å². The molecule has 112 valence electrons. The largest absolute Gasteiger partial charge is 0.433 e. The highest BCUT2D eigenvalue weighted by Gasteiger charge is 2.11. The predicted molar refractivity (Wildman–Crippen MR) is 77.2 cm³/mol. The first-order valence-electron chi connectivity index (χ1n) is 6.05. The fourth-order valence-corrected chi connectivity index (χ4v) is 1.93. The zero-order valence-electron chi connectivity index (χ0n) is 11.0. The summed E-state index contributed by atoms with van der Waals surface area (Å²) in [6.07, 6.45) is 0. The van der Waals surface area contributed by atoms with Crippen molar-refractivity contribution in [2.24, 2.45) is 0 Å². The van der Waals surface area contributed by atoms with E-state index in [4.69, 9.17) is 16.9 Å². The van der Waals surface area contributed by atoms with Crippen LogP contribution in [0.25, 0.3) is 0 Å². The Labute approximate surface area is 129 Å². The lowest BCUT2D eigenvalue weighted by atomic mass is 10.1. The van der Waals surface area contributed by atoms with E-state index in [1.165, 1.54) is 24.3 Å². The van der Waals surface area contributed by atoms with E-state index in [0.717, 1.165) is 0 Å². The molecule has 1 N–H and O–H groups in total. The zero-order valence-corrected chi connectivity index (χ0v) is 11.8. The van der Waals surface area contributed by atoms with E-state index in [0.29, 0.717) is 16.8 Å². The first kappa shape index (κ1) is 15.7. The van der Waals surface area contributed by atoms with Crippen molar-refractivity contribution in [3.63, 3.8) is 0 Å². The summed E-state index contributed by atoms with van der Waals surface area (Å²) in [5.41, 5.74) is 0.966. The van der Waals surface area contributed by atoms with Crippen LogP contribution in [0, 0.1) is 11.3 Å². The fraction of sp³-hybridized carbons (Fsp3) is 0.0667. The minimum atomic E-state index is -2.98. The van der Waals surface area contributed by atoms with Gasteiger partial charge >= 0.3 is 6.61 Å². The summed E-state index contributed by atoms with van der Waals surface area (Å²) in [5, 5.41) is 11.3. The Morgan fingerprint density at radius 2 is 2.05 bits per heavy atom. The van der Waals surface area contributed by atoms with Gasteiger partial charge in [-0.1, -0.05) is 17.7 Å². The van der Waals surface area contributed by atoms with Gasteiger partial charge in [0.15, 0.2) is 0 Å². The topological polar surface area (TPSA) is 62.1 Å². The number of carbonyl (C=O) groups is 1. The Bertz CT molecular complexity index is 745. The molecule has 0 spiro atoms. The number of halogens is 3. The molecule has 0 unspecified atom stereocenters. The van der Waals surface area contributed by atoms with Crippen LogP contribution in [0.5, 0.6) is 5.75 Å². The molecule has 7 heteroatoms. The molecule has 0 aliphatic carbocycles. The standard InChI is InChI=1S/C15H9ClF2N2O2/c16-12-7-11(4-5-13(12)22-15(17)18)20-14(21)10-3-1-2-9(6-10)8-19/h1-7,15H,(H,20,21). The summed E-state index contributed by atoms with van der Waals surface area (Å²) in [6.45, 7) is -2.98. The third kappa shape index (κ3) is 3.93. The van der Waals surface area contributed by atoms with Crippen LogP contribution < -0.4 is 10.1 Å². The van der Waals surface area contributed by atoms with E-state index in [-0.39, 0.29) is 10.8 Å². The number of ether oxygens (including phenoxy) is 1. The van der Waals surface area contributed by atoms with Gasteiger partial charge in [0.05, 0.1) is 16.7 Å². The highest BCUT2D eigenvalue weighted by Crippen LogP contribution is 2.29. The van der Waals surface area contributed by atoms with Crippen molar-refractivity contribution >= 4 is 23.2 Å². The fourth-order valence-electron chi connectivity index (χ4n) is 1.70. The number of carbonyl (C=O) groups excluding carboxylic acids is 1. The molecule has 2 aromatic carbocycles. The lowest BCUT2D eigenvalue weighted by Gasteiger charge is -2.09. The van der Waals surface area contributed by atoms with Crippen LogP contribution in [0.15, 0.2) is 42.5 Å². The van der Waals surface area contributed by atoms with Crippen molar-refractivity contribution in [3.05, 3.63) is 58.6 Å². The number of nitrogens with one attached hydrogen (secondary N) is 1. The molecule has 2 rings (SSSR count). The Balaban J connectivity index is 2.15. The van der Waals surface area contributed by atoms with Gasteiger partial charge in [0.25, 0.3) is 5.91 Å². The second-order valence-corrected chi connectivity index (χ2v) is 4.58. The van der Waals surface area contributed by atoms with E-state index >= 15 is 0 Å². The third-order valence-corrected chi connectivity index (χ3v) is 2.96. The summed E-state index contributed by atoms with van der Waals surface area (Å²) in [5.74, 6) is -0.628. The van der Waals surface area contributed by atoms with Crippen LogP contribution in [-0.4, -0.2) is 12.5 Å². The number of hydrogen-bond acceptors (Lipinski definition) is 3. The molecule has 0 aliphatic heterocycles. The molecule has 0 atom stereocenters. The van der Waals surface area contributed by atoms with Gasteiger partial charge in [0.1, 0.15) is 5.75 Å². The average Bonchev–Trinajstić information content (AvgIpc) is 2.49. The number of amides is 1. The van der Waals surface area contributed by atoms with Crippen molar-refractivity contribution in [3.8, 4) is 11.8 Å². The number of rotatable bonds is 4. The normalized spacial score (nSPS) is 10.1. The lowest BCUT2D eigenvalue weighted by molar-refractivity contribution is -0.0497. The van der Waals surface area contributed by atoms with Crippen LogP contribution in [0.4, 0.5) is 14.5 Å². The van der Waals surface area contributed by atoms with Gasteiger partial charge in [-0.15, -0.1) is 0 Å². The number of nitriles is 1. The van der Waals surface area contributed by atoms with Gasteiger partial charge in [-0.05, 0) is 36.4 Å². The van der Waals surface area contributed by atoms with Crippen LogP contribution in [0.2, 0.25) is 5.02 Å². The summed E-state index contributed by atoms with van der Waals surface area (Å²) in [7, 11) is 0. The summed E-state index contributed by atoms with van der Waals surface area (Å²) in [4.78, 5) is 12.0. The minimum Gasteiger partial charge on any atom is -0.433 e. The lowest BCUT2D eigenvalue weighted by Crippen LogP contribution is -2.12. The molecular formula is C15H9ClF2N2O2. The zero-order chi connectivity index (χ0) is 16.1. The molecule has 0 saturated carbocycles. The highest BCUT2D eigenvalue weighted by atomic mass is 35.5. The number of nitrogens with zero attached hydrogens (tertiary/aromatic N) is 1. The van der Waals surface area contributed by atoms with Crippen molar-refractivity contribution in [1.82, 2.24) is 0 Å². The van der Waals surface area contributed by atoms with Crippen LogP contribution in [-0.2, 0) is 0 Å². The van der Waals surface area contributed by atoms with Gasteiger partial charge in [0.2, 0.25) is 0 Å². The van der Waals surface area contributed by atoms with Crippen LogP contribution in [0.3, 0.4) is 0 Å². The van der Waals surface area contributed by atoms with Gasteiger partial charge in [-0.3, -0.25) is 4.79 Å². The quantitative estimate of drug-likeness (QED) is 0.923. The van der Waals surface area contributed by atoms with E-state index < -0.39 is 12.5 Å². The molecule has 1 amide bonds. The Morgan fingerprint density at radius 3 is 2.68 bits per heavy atom. The number of benzene rings is 2. The number of alkyl halides is 2. The molecule has 0 saturated heterocycles. The first-order chi connectivity index (χ1) is 10.5. The molecule has 0 fully saturated rings. The molecule has 22 heavy (non-hydrogen) atoms. The van der Waals surface area contributed by atoms with Gasteiger partial charge < -0.3 is 10.1 Å². The summed E-state index contributed by atoms with van der Waals surface area (Å²) < 4.78 is 28.5. The average molecular weight is 323 g/mol. The third-order valence-electron chi connectivity index (χ3n) is 2.66. The molecule has 0 radical (unpaired) electrons. The second kappa shape index (κ2) is 6.87. The Kier molecular flexibility index (Phi) is 4.92. The second-order valence-electron chi connectivity index (χ2n) is 4.17. The molecule has 0 heterocycles. The SMILES string of the molecule is N#Cc1cccc(C(=O)Nc2ccc(OC(F)F)c(Cl)c2)c1. The van der Waals surface area contributed by atoms with E-state index in [1.54, 1.807) is 18.2 Å². The molecule has 4 nitrogen and oxygen atoms in total. The predicted octanol–water partition coefficient (Wildman–Crippen LogP) is 4.07. The van der Waals surface area contributed by atoms with Gasteiger partial charge in [-0.25, -0.2) is 0 Å². The van der Waals surface area contributed by atoms with E-state index in [2.05, 4.69) is 10.1 Å². The van der Waals surface area contributed by atoms with Crippen molar-refractivity contribution in [2.75, 3.05) is 5.32 Å². The number of hydrogen-bond donors (Lipinski definition) is 1. The monoisotopic (exact) mass is 322 g/mol. The minimum absolute atomic E-state index is 0.0520. The van der Waals surface area contributed by atoms with Crippen molar-refractivity contribution in [2.45, 2.75) is 6.61 Å². The smallest absolute Gasteiger partial charge is 0.387 e. The Morgan fingerprint density at radius 1 is 1.27 bits per heavy atom. The Hall–Kier alpha value is -2.65. The van der Waals surface area contributed by atoms with Crippen LogP contribution in [0.1, 0.15) is 15.9 Å². The maximum atomic E-state index is 12.1. The highest BCUT2D eigenvalue weighted by molar-refractivity contribution is 6.32. The van der Waals surface area contributed by atoms with E-state index in [9.17, 15) is 13.6 Å². The van der Waals surface area contributed by atoms with Gasteiger partial charge in [-0.2, -0.15) is 14.0 Å². The molecule has 2 aromatic rings. The number of anilines is 1. The molecule has 0 aromatic heterocycles. The molecular weight excluding hydrogens is 314 g/mol. The van der Waals surface area contributed by atoms with Gasteiger partial charge in [0, 0.05) is 11.3 Å². The molecule has 0 bridgehead atoms. The van der Waals surface area contributed by atoms with Crippen molar-refractivity contribution in [1.29, 1.82) is 5.26 Å². The van der Waals surface area contributed by atoms with Crippen molar-refractivity contribution < 1.29 is 18.3 Å². The summed E-state index contributed by atoms with van der Waals surface area (Å²) in [6, 6.07) is 12.0. The maximum absolute atomic E-state index is 12.1. The summed E-state index contributed by atoms with van der Waals surface area (Å²) >= 11 is 5.80. The maximum Gasteiger partial charge on any atom is 0.387 e. The first-order valence-corrected chi connectivity index (χ1v) is 6.43.